The van der Waals surface area contributed by atoms with Crippen LogP contribution in [0, 0.1) is 46.2 Å². The third kappa shape index (κ3) is 3.04. The SMILES string of the molecule is CCC(=O)N1N=C2[C@@H](C[C@@H]3[C@H]4CC[C@H]5CCCC[C@]5(C)[C@@H]4CC[C@]23C)[C@@H]1c1cccc(F)c1. The summed E-state index contributed by atoms with van der Waals surface area (Å²) >= 11 is 0. The Morgan fingerprint density at radius 2 is 1.97 bits per heavy atom. The highest BCUT2D eigenvalue weighted by Crippen LogP contribution is 2.68. The van der Waals surface area contributed by atoms with Gasteiger partial charge in [0.1, 0.15) is 5.82 Å². The molecule has 4 heteroatoms. The third-order valence-corrected chi connectivity index (χ3v) is 11.0. The van der Waals surface area contributed by atoms with Crippen LogP contribution < -0.4 is 0 Å². The number of hydrazone groups is 1. The highest BCUT2D eigenvalue weighted by Gasteiger charge is 2.64. The summed E-state index contributed by atoms with van der Waals surface area (Å²) in [6.45, 7) is 6.98. The number of nitrogens with zero attached hydrogens (tertiary/aromatic N) is 2. The molecule has 0 spiro atoms. The third-order valence-electron chi connectivity index (χ3n) is 11.0. The van der Waals surface area contributed by atoms with Crippen molar-refractivity contribution in [1.82, 2.24) is 5.01 Å². The van der Waals surface area contributed by atoms with E-state index in [2.05, 4.69) is 13.8 Å². The summed E-state index contributed by atoms with van der Waals surface area (Å²) in [5.41, 5.74) is 2.76. The molecule has 4 fully saturated rings. The van der Waals surface area contributed by atoms with Crippen molar-refractivity contribution < 1.29 is 9.18 Å². The van der Waals surface area contributed by atoms with Crippen LogP contribution >= 0.6 is 0 Å². The number of hydrogen-bond acceptors (Lipinski definition) is 2. The minimum atomic E-state index is -0.227. The topological polar surface area (TPSA) is 32.7 Å². The van der Waals surface area contributed by atoms with Crippen LogP contribution in [0.15, 0.2) is 29.4 Å². The largest absolute Gasteiger partial charge is 0.273 e. The van der Waals surface area contributed by atoms with Crippen LogP contribution in [0.2, 0.25) is 0 Å². The van der Waals surface area contributed by atoms with Gasteiger partial charge in [-0.1, -0.05) is 45.7 Å². The molecule has 8 atom stereocenters. The number of benzene rings is 1. The van der Waals surface area contributed by atoms with Gasteiger partial charge in [-0.25, -0.2) is 9.40 Å². The number of fused-ring (bicyclic) bond motifs is 7. The first-order valence-electron chi connectivity index (χ1n) is 13.5. The molecule has 1 aromatic carbocycles. The van der Waals surface area contributed by atoms with Crippen molar-refractivity contribution >= 4 is 11.6 Å². The summed E-state index contributed by atoms with van der Waals surface area (Å²) in [4.78, 5) is 12.9. The Hall–Kier alpha value is -1.71. The molecular formula is C29H39FN2O. The zero-order valence-corrected chi connectivity index (χ0v) is 20.5. The second-order valence-corrected chi connectivity index (χ2v) is 12.3. The lowest BCUT2D eigenvalue weighted by atomic mass is 9.45. The van der Waals surface area contributed by atoms with E-state index in [-0.39, 0.29) is 29.1 Å². The molecular weight excluding hydrogens is 411 g/mol. The first-order chi connectivity index (χ1) is 15.9. The van der Waals surface area contributed by atoms with Crippen LogP contribution in [0.1, 0.15) is 96.6 Å². The van der Waals surface area contributed by atoms with Crippen molar-refractivity contribution in [1.29, 1.82) is 0 Å². The number of rotatable bonds is 2. The lowest BCUT2D eigenvalue weighted by Crippen LogP contribution is -2.52. The Balaban J connectivity index is 1.37. The quantitative estimate of drug-likeness (QED) is 0.471. The molecule has 0 saturated heterocycles. The molecule has 5 aliphatic rings. The second kappa shape index (κ2) is 7.65. The summed E-state index contributed by atoms with van der Waals surface area (Å²) in [5, 5.41) is 6.80. The first kappa shape index (κ1) is 21.8. The van der Waals surface area contributed by atoms with Gasteiger partial charge in [0.2, 0.25) is 5.91 Å². The van der Waals surface area contributed by atoms with Crippen LogP contribution in [-0.4, -0.2) is 16.6 Å². The summed E-state index contributed by atoms with van der Waals surface area (Å²) < 4.78 is 14.2. The molecule has 0 aromatic heterocycles. The molecule has 0 radical (unpaired) electrons. The van der Waals surface area contributed by atoms with Crippen LogP contribution in [-0.2, 0) is 4.79 Å². The standard InChI is InChI=1S/C29H39FN2O/c1-4-25(33)32-26(18-8-7-10-20(30)16-18)22-17-24-21-12-11-19-9-5-6-14-28(19,2)23(21)13-15-29(24,3)27(22)31-32/h7-8,10,16,19,21-24,26H,4-6,9,11-15,17H2,1-3H3/t19-,21+,22+,23-,24-,26+,28+,29+/m1/s1. The Labute approximate surface area is 198 Å². The van der Waals surface area contributed by atoms with E-state index in [0.29, 0.717) is 17.8 Å². The van der Waals surface area contributed by atoms with E-state index >= 15 is 0 Å². The fourth-order valence-electron chi connectivity index (χ4n) is 9.43. The van der Waals surface area contributed by atoms with Gasteiger partial charge >= 0.3 is 0 Å². The van der Waals surface area contributed by atoms with Crippen molar-refractivity contribution in [3.05, 3.63) is 35.6 Å². The minimum Gasteiger partial charge on any atom is -0.273 e. The number of halogens is 1. The molecule has 1 heterocycles. The highest BCUT2D eigenvalue weighted by molar-refractivity contribution is 5.98. The molecule has 1 aliphatic heterocycles. The zero-order chi connectivity index (χ0) is 23.0. The minimum absolute atomic E-state index is 0.0511. The van der Waals surface area contributed by atoms with Gasteiger partial charge in [-0.15, -0.1) is 0 Å². The first-order valence-corrected chi connectivity index (χ1v) is 13.5. The van der Waals surface area contributed by atoms with E-state index in [1.807, 2.05) is 13.0 Å². The number of hydrogen-bond donors (Lipinski definition) is 0. The van der Waals surface area contributed by atoms with E-state index in [0.717, 1.165) is 29.7 Å². The fourth-order valence-corrected chi connectivity index (χ4v) is 9.43. The summed E-state index contributed by atoms with van der Waals surface area (Å²) in [6, 6.07) is 6.74. The van der Waals surface area contributed by atoms with Gasteiger partial charge in [0.05, 0.1) is 11.8 Å². The summed E-state index contributed by atoms with van der Waals surface area (Å²) in [5.74, 6) is 3.25. The lowest BCUT2D eigenvalue weighted by Gasteiger charge is -2.59. The highest BCUT2D eigenvalue weighted by atomic mass is 19.1. The molecule has 4 aliphatic carbocycles. The summed E-state index contributed by atoms with van der Waals surface area (Å²) in [7, 11) is 0. The average molecular weight is 451 g/mol. The lowest BCUT2D eigenvalue weighted by molar-refractivity contribution is -0.133. The molecule has 1 amide bonds. The van der Waals surface area contributed by atoms with Crippen molar-refractivity contribution in [2.45, 2.75) is 91.0 Å². The Kier molecular flexibility index (Phi) is 5.05. The van der Waals surface area contributed by atoms with Gasteiger partial charge in [-0.05, 0) is 91.7 Å². The number of carbonyl (C=O) groups is 1. The van der Waals surface area contributed by atoms with Crippen molar-refractivity contribution in [2.24, 2.45) is 45.5 Å². The van der Waals surface area contributed by atoms with E-state index in [4.69, 9.17) is 5.10 Å². The molecule has 1 aromatic rings. The maximum Gasteiger partial charge on any atom is 0.242 e. The maximum absolute atomic E-state index is 14.2. The van der Waals surface area contributed by atoms with Crippen LogP contribution in [0.5, 0.6) is 0 Å². The molecule has 33 heavy (non-hydrogen) atoms. The smallest absolute Gasteiger partial charge is 0.242 e. The van der Waals surface area contributed by atoms with E-state index < -0.39 is 0 Å². The van der Waals surface area contributed by atoms with Gasteiger partial charge in [0.25, 0.3) is 0 Å². The molecule has 0 N–H and O–H groups in total. The molecule has 4 saturated carbocycles. The molecule has 178 valence electrons. The van der Waals surface area contributed by atoms with Gasteiger partial charge < -0.3 is 0 Å². The van der Waals surface area contributed by atoms with Crippen LogP contribution in [0.4, 0.5) is 4.39 Å². The van der Waals surface area contributed by atoms with Gasteiger partial charge in [0, 0.05) is 17.8 Å². The predicted molar refractivity (Wildman–Crippen MR) is 129 cm³/mol. The van der Waals surface area contributed by atoms with Gasteiger partial charge in [-0.2, -0.15) is 5.10 Å². The molecule has 0 unspecified atom stereocenters. The Morgan fingerprint density at radius 3 is 2.76 bits per heavy atom. The maximum atomic E-state index is 14.2. The predicted octanol–water partition coefficient (Wildman–Crippen LogP) is 7.13. The van der Waals surface area contributed by atoms with Crippen LogP contribution in [0.3, 0.4) is 0 Å². The zero-order valence-electron chi connectivity index (χ0n) is 20.5. The van der Waals surface area contributed by atoms with Gasteiger partial charge in [0.15, 0.2) is 0 Å². The fraction of sp³-hybridized carbons (Fsp3) is 0.724. The monoisotopic (exact) mass is 450 g/mol. The van der Waals surface area contributed by atoms with E-state index in [1.54, 1.807) is 17.1 Å². The van der Waals surface area contributed by atoms with Crippen molar-refractivity contribution in [3.63, 3.8) is 0 Å². The normalized spacial score (nSPS) is 43.9. The van der Waals surface area contributed by atoms with E-state index in [1.165, 1.54) is 63.1 Å². The average Bonchev–Trinajstić information content (AvgIpc) is 3.32. The van der Waals surface area contributed by atoms with E-state index in [9.17, 15) is 9.18 Å². The number of amides is 1. The Morgan fingerprint density at radius 1 is 1.12 bits per heavy atom. The Bertz CT molecular complexity index is 990. The molecule has 0 bridgehead atoms. The number of carbonyl (C=O) groups excluding carboxylic acids is 1. The van der Waals surface area contributed by atoms with Crippen molar-refractivity contribution in [3.8, 4) is 0 Å². The van der Waals surface area contributed by atoms with Crippen molar-refractivity contribution in [2.75, 3.05) is 0 Å². The summed E-state index contributed by atoms with van der Waals surface area (Å²) in [6.07, 6.45) is 12.5. The van der Waals surface area contributed by atoms with Gasteiger partial charge in [-0.3, -0.25) is 4.79 Å². The van der Waals surface area contributed by atoms with Crippen LogP contribution in [0.25, 0.3) is 0 Å². The molecule has 3 nitrogen and oxygen atoms in total. The second-order valence-electron chi connectivity index (χ2n) is 12.3. The molecule has 6 rings (SSSR count).